The van der Waals surface area contributed by atoms with E-state index >= 15 is 0 Å². The molecule has 7 nitrogen and oxygen atoms in total. The van der Waals surface area contributed by atoms with Crippen molar-refractivity contribution in [1.29, 1.82) is 0 Å². The zero-order valence-electron chi connectivity index (χ0n) is 18.8. The van der Waals surface area contributed by atoms with Crippen molar-refractivity contribution >= 4 is 22.5 Å². The van der Waals surface area contributed by atoms with E-state index in [1.807, 2.05) is 28.8 Å². The molecule has 2 atom stereocenters. The van der Waals surface area contributed by atoms with Gasteiger partial charge in [-0.3, -0.25) is 19.2 Å². The average molecular weight is 432 g/mol. The molecule has 0 spiro atoms. The quantitative estimate of drug-likeness (QED) is 0.551. The maximum absolute atomic E-state index is 12.4. The molecule has 32 heavy (non-hydrogen) atoms. The summed E-state index contributed by atoms with van der Waals surface area (Å²) in [7, 11) is 0. The van der Waals surface area contributed by atoms with E-state index in [1.165, 1.54) is 19.0 Å². The molecule has 1 N–H and O–H groups in total. The standard InChI is InChI=1S/C25H29N5O2/c1-24(2)11-18-12-25(3,14-24)15-29(18)16-30-20-9-5-4-8-19(20)21(23(30)32)27-28-22(31)17-7-6-10-26-13-17/h4-10,13,18,32H,11-12,14-16H2,1-3H3/t18-,25+/m1/s1. The number of para-hydroxylation sites is 1. The summed E-state index contributed by atoms with van der Waals surface area (Å²) in [5.41, 5.74) is 2.22. The minimum Gasteiger partial charge on any atom is -0.493 e. The number of amides is 1. The Hall–Kier alpha value is -3.06. The highest BCUT2D eigenvalue weighted by Gasteiger charge is 2.49. The van der Waals surface area contributed by atoms with E-state index in [9.17, 15) is 9.90 Å². The van der Waals surface area contributed by atoms with Crippen molar-refractivity contribution in [2.45, 2.75) is 52.7 Å². The molecule has 7 heteroatoms. The van der Waals surface area contributed by atoms with Gasteiger partial charge in [0.05, 0.1) is 17.7 Å². The number of aromatic hydroxyl groups is 1. The summed E-state index contributed by atoms with van der Waals surface area (Å²) >= 11 is 0. The molecule has 1 saturated carbocycles. The van der Waals surface area contributed by atoms with Gasteiger partial charge in [0.25, 0.3) is 5.91 Å². The van der Waals surface area contributed by atoms with Gasteiger partial charge in [-0.05, 0) is 48.3 Å². The van der Waals surface area contributed by atoms with E-state index in [2.05, 4.69) is 40.9 Å². The lowest BCUT2D eigenvalue weighted by Gasteiger charge is -2.40. The molecule has 1 aliphatic carbocycles. The van der Waals surface area contributed by atoms with E-state index in [1.54, 1.807) is 18.3 Å². The van der Waals surface area contributed by atoms with Crippen molar-refractivity contribution in [3.05, 3.63) is 54.4 Å². The highest BCUT2D eigenvalue weighted by Crippen LogP contribution is 2.53. The van der Waals surface area contributed by atoms with Gasteiger partial charge in [-0.25, -0.2) is 0 Å². The van der Waals surface area contributed by atoms with Gasteiger partial charge in [0.15, 0.2) is 5.69 Å². The highest BCUT2D eigenvalue weighted by molar-refractivity contribution is 5.97. The Labute approximate surface area is 187 Å². The summed E-state index contributed by atoms with van der Waals surface area (Å²) in [4.78, 5) is 18.8. The molecule has 2 aromatic heterocycles. The smallest absolute Gasteiger partial charge is 0.296 e. The van der Waals surface area contributed by atoms with Crippen LogP contribution in [0.4, 0.5) is 5.69 Å². The van der Waals surface area contributed by atoms with Crippen LogP contribution in [0, 0.1) is 10.8 Å². The molecule has 1 aromatic carbocycles. The fourth-order valence-corrected chi connectivity index (χ4v) is 6.08. The largest absolute Gasteiger partial charge is 0.493 e. The second-order valence-electron chi connectivity index (χ2n) is 10.5. The number of benzene rings is 1. The number of nitrogens with zero attached hydrogens (tertiary/aromatic N) is 5. The van der Waals surface area contributed by atoms with Crippen LogP contribution in [0.25, 0.3) is 10.9 Å². The first-order valence-electron chi connectivity index (χ1n) is 11.2. The van der Waals surface area contributed by atoms with Crippen LogP contribution < -0.4 is 0 Å². The van der Waals surface area contributed by atoms with Gasteiger partial charge < -0.3 is 5.11 Å². The van der Waals surface area contributed by atoms with Crippen molar-refractivity contribution < 1.29 is 9.90 Å². The van der Waals surface area contributed by atoms with Crippen LogP contribution in [0.1, 0.15) is 50.4 Å². The molecular weight excluding hydrogens is 402 g/mol. The number of carbonyl (C=O) groups is 1. The third-order valence-corrected chi connectivity index (χ3v) is 6.91. The first-order valence-corrected chi connectivity index (χ1v) is 11.2. The monoisotopic (exact) mass is 431 g/mol. The van der Waals surface area contributed by atoms with Crippen LogP contribution >= 0.6 is 0 Å². The van der Waals surface area contributed by atoms with Gasteiger partial charge in [0.1, 0.15) is 0 Å². The average Bonchev–Trinajstić information content (AvgIpc) is 3.15. The molecule has 166 valence electrons. The zero-order valence-corrected chi connectivity index (χ0v) is 18.8. The van der Waals surface area contributed by atoms with Gasteiger partial charge >= 0.3 is 0 Å². The number of pyridine rings is 1. The summed E-state index contributed by atoms with van der Waals surface area (Å²) < 4.78 is 1.90. The summed E-state index contributed by atoms with van der Waals surface area (Å²) in [6, 6.07) is 11.6. The Kier molecular flexibility index (Phi) is 4.89. The van der Waals surface area contributed by atoms with Crippen LogP contribution in [0.3, 0.4) is 0 Å². The summed E-state index contributed by atoms with van der Waals surface area (Å²) in [6.45, 7) is 8.72. The number of carbonyl (C=O) groups excluding carboxylic acids is 1. The third kappa shape index (κ3) is 3.71. The van der Waals surface area contributed by atoms with E-state index in [4.69, 9.17) is 0 Å². The Morgan fingerprint density at radius 2 is 2.00 bits per heavy atom. The summed E-state index contributed by atoms with van der Waals surface area (Å²) in [5.74, 6) is -0.447. The molecule has 3 heterocycles. The van der Waals surface area contributed by atoms with E-state index in [-0.39, 0.29) is 5.88 Å². The first kappa shape index (κ1) is 20.8. The number of fused-ring (bicyclic) bond motifs is 3. The molecule has 0 radical (unpaired) electrons. The fraction of sp³-hybridized carbons (Fsp3) is 0.440. The van der Waals surface area contributed by atoms with Crippen LogP contribution in [0.15, 0.2) is 59.0 Å². The van der Waals surface area contributed by atoms with Gasteiger partial charge in [0, 0.05) is 30.4 Å². The number of likely N-dealkylation sites (tertiary alicyclic amines) is 1. The van der Waals surface area contributed by atoms with Crippen LogP contribution in [0.2, 0.25) is 0 Å². The molecule has 2 fully saturated rings. The lowest BCUT2D eigenvalue weighted by Crippen LogP contribution is -2.35. The van der Waals surface area contributed by atoms with Gasteiger partial charge in [-0.1, -0.05) is 39.0 Å². The van der Waals surface area contributed by atoms with E-state index < -0.39 is 5.91 Å². The molecule has 3 aromatic rings. The second kappa shape index (κ2) is 7.52. The minimum atomic E-state index is -0.488. The predicted molar refractivity (Wildman–Crippen MR) is 123 cm³/mol. The SMILES string of the molecule is CC1(C)C[C@@H]2C[C@](C)(CN2Cn2c(O)c(N=NC(=O)c3cccnc3)c3ccccc32)C1. The fourth-order valence-electron chi connectivity index (χ4n) is 6.08. The van der Waals surface area contributed by atoms with Crippen molar-refractivity contribution in [3.8, 4) is 5.88 Å². The molecule has 2 aliphatic rings. The first-order chi connectivity index (χ1) is 15.2. The van der Waals surface area contributed by atoms with Crippen LogP contribution in [-0.4, -0.2) is 38.1 Å². The Morgan fingerprint density at radius 3 is 2.78 bits per heavy atom. The summed E-state index contributed by atoms with van der Waals surface area (Å²) in [5, 5.41) is 19.9. The number of hydrogen-bond acceptors (Lipinski definition) is 5. The molecule has 0 unspecified atom stereocenters. The van der Waals surface area contributed by atoms with Crippen molar-refractivity contribution in [2.75, 3.05) is 6.54 Å². The normalized spacial score (nSPS) is 25.0. The Bertz CT molecular complexity index is 1200. The zero-order chi connectivity index (χ0) is 22.5. The number of rotatable bonds is 4. The highest BCUT2D eigenvalue weighted by atomic mass is 16.3. The van der Waals surface area contributed by atoms with E-state index in [0.717, 1.165) is 23.9 Å². The van der Waals surface area contributed by atoms with Crippen LogP contribution in [-0.2, 0) is 6.67 Å². The molecule has 1 amide bonds. The van der Waals surface area contributed by atoms with Crippen molar-refractivity contribution in [3.63, 3.8) is 0 Å². The van der Waals surface area contributed by atoms with Crippen molar-refractivity contribution in [2.24, 2.45) is 21.1 Å². The second-order valence-corrected chi connectivity index (χ2v) is 10.5. The molecule has 2 bridgehead atoms. The maximum Gasteiger partial charge on any atom is 0.296 e. The molecule has 5 rings (SSSR count). The Morgan fingerprint density at radius 1 is 1.19 bits per heavy atom. The van der Waals surface area contributed by atoms with Gasteiger partial charge in [-0.2, -0.15) is 0 Å². The third-order valence-electron chi connectivity index (χ3n) is 6.91. The number of azo groups is 1. The van der Waals surface area contributed by atoms with Gasteiger partial charge in [-0.15, -0.1) is 10.2 Å². The minimum absolute atomic E-state index is 0.0415. The maximum atomic E-state index is 12.4. The van der Waals surface area contributed by atoms with Crippen LogP contribution in [0.5, 0.6) is 5.88 Å². The Balaban J connectivity index is 1.47. The molecule has 1 aliphatic heterocycles. The predicted octanol–water partition coefficient (Wildman–Crippen LogP) is 5.52. The molecule has 1 saturated heterocycles. The number of hydrogen-bond donors (Lipinski definition) is 1. The number of aromatic nitrogens is 2. The lowest BCUT2D eigenvalue weighted by molar-refractivity contribution is 0.0994. The van der Waals surface area contributed by atoms with E-state index in [0.29, 0.717) is 34.8 Å². The molecular formula is C25H29N5O2. The lowest BCUT2D eigenvalue weighted by atomic mass is 9.65. The summed E-state index contributed by atoms with van der Waals surface area (Å²) in [6.07, 6.45) is 6.64. The van der Waals surface area contributed by atoms with Gasteiger partial charge in [0.2, 0.25) is 5.88 Å². The van der Waals surface area contributed by atoms with Crippen molar-refractivity contribution in [1.82, 2.24) is 14.5 Å². The topological polar surface area (TPSA) is 83.1 Å².